The van der Waals surface area contributed by atoms with Crippen LogP contribution in [0, 0.1) is 0 Å². The molecule has 15 heavy (non-hydrogen) atoms. The van der Waals surface area contributed by atoms with Gasteiger partial charge in [-0.15, -0.1) is 0 Å². The minimum Gasteiger partial charge on any atom is -0.367 e. The molecule has 0 aliphatic carbocycles. The molecule has 2 N–H and O–H groups in total. The van der Waals surface area contributed by atoms with Gasteiger partial charge in [-0.25, -0.2) is 4.39 Å². The molecule has 0 saturated carbocycles. The number of nitrogens with two attached hydrogens (primary N) is 1. The maximum absolute atomic E-state index is 12.9. The van der Waals surface area contributed by atoms with Crippen LogP contribution >= 0.6 is 0 Å². The van der Waals surface area contributed by atoms with Crippen LogP contribution in [0.4, 0.5) is 10.3 Å². The van der Waals surface area contributed by atoms with E-state index < -0.39 is 6.17 Å². The highest BCUT2D eigenvalue weighted by molar-refractivity contribution is 5.71. The van der Waals surface area contributed by atoms with Crippen LogP contribution in [0.5, 0.6) is 0 Å². The van der Waals surface area contributed by atoms with Crippen molar-refractivity contribution in [1.29, 1.82) is 0 Å². The number of hydrogen-bond acceptors (Lipinski definition) is 3. The summed E-state index contributed by atoms with van der Waals surface area (Å²) < 4.78 is 17.7. The van der Waals surface area contributed by atoms with E-state index in [1.165, 1.54) is 6.92 Å². The maximum Gasteiger partial charge on any atom is 0.229 e. The van der Waals surface area contributed by atoms with Crippen LogP contribution in [0.15, 0.2) is 35.0 Å². The Morgan fingerprint density at radius 2 is 2.00 bits per heavy atom. The van der Waals surface area contributed by atoms with Crippen molar-refractivity contribution < 1.29 is 8.91 Å². The maximum atomic E-state index is 12.9. The number of nitrogen functional groups attached to an aromatic ring is 1. The first-order valence-electron chi connectivity index (χ1n) is 4.63. The van der Waals surface area contributed by atoms with Crippen molar-refractivity contribution in [3.63, 3.8) is 0 Å². The number of rotatable bonds is 2. The van der Waals surface area contributed by atoms with Gasteiger partial charge < -0.3 is 10.3 Å². The van der Waals surface area contributed by atoms with Crippen molar-refractivity contribution in [3.8, 4) is 11.1 Å². The summed E-state index contributed by atoms with van der Waals surface area (Å²) in [6, 6.07) is 7.06. The number of aromatic nitrogens is 1. The zero-order chi connectivity index (χ0) is 10.8. The molecule has 0 saturated heterocycles. The van der Waals surface area contributed by atoms with Crippen LogP contribution in [0.25, 0.3) is 11.1 Å². The van der Waals surface area contributed by atoms with E-state index in [-0.39, 0.29) is 5.88 Å². The fourth-order valence-electron chi connectivity index (χ4n) is 1.39. The number of alkyl halides is 1. The smallest absolute Gasteiger partial charge is 0.229 e. The zero-order valence-corrected chi connectivity index (χ0v) is 8.27. The molecule has 0 radical (unpaired) electrons. The van der Waals surface area contributed by atoms with Crippen molar-refractivity contribution in [1.82, 2.24) is 5.16 Å². The molecule has 4 heteroatoms. The van der Waals surface area contributed by atoms with Crippen molar-refractivity contribution in [2.45, 2.75) is 13.1 Å². The molecule has 1 unspecified atom stereocenters. The standard InChI is InChI=1S/C11H11FN2O/c1-7(12)8-2-4-9(5-3-8)10-6-14-15-11(10)13/h2-7H,13H2,1H3. The molecule has 0 aliphatic rings. The first-order valence-corrected chi connectivity index (χ1v) is 4.63. The quantitative estimate of drug-likeness (QED) is 0.821. The zero-order valence-electron chi connectivity index (χ0n) is 8.27. The molecule has 2 rings (SSSR count). The topological polar surface area (TPSA) is 52.0 Å². The predicted molar refractivity (Wildman–Crippen MR) is 55.9 cm³/mol. The molecule has 0 aliphatic heterocycles. The Labute approximate surface area is 86.7 Å². The van der Waals surface area contributed by atoms with E-state index in [1.807, 2.05) is 0 Å². The highest BCUT2D eigenvalue weighted by Gasteiger charge is 2.08. The lowest BCUT2D eigenvalue weighted by Gasteiger charge is -2.03. The second-order valence-corrected chi connectivity index (χ2v) is 3.34. The largest absolute Gasteiger partial charge is 0.367 e. The summed E-state index contributed by atoms with van der Waals surface area (Å²) in [6.07, 6.45) is 0.585. The Bertz CT molecular complexity index is 448. The van der Waals surface area contributed by atoms with Gasteiger partial charge in [-0.1, -0.05) is 29.4 Å². The van der Waals surface area contributed by atoms with Crippen molar-refractivity contribution >= 4 is 5.88 Å². The summed E-state index contributed by atoms with van der Waals surface area (Å²) >= 11 is 0. The molecule has 0 spiro atoms. The lowest BCUT2D eigenvalue weighted by atomic mass is 10.0. The fraction of sp³-hybridized carbons (Fsp3) is 0.182. The number of nitrogens with zero attached hydrogens (tertiary/aromatic N) is 1. The molecular weight excluding hydrogens is 195 g/mol. The number of benzene rings is 1. The highest BCUT2D eigenvalue weighted by Crippen LogP contribution is 2.27. The van der Waals surface area contributed by atoms with Gasteiger partial charge in [-0.05, 0) is 18.1 Å². The van der Waals surface area contributed by atoms with Gasteiger partial charge in [0.25, 0.3) is 0 Å². The predicted octanol–water partition coefficient (Wildman–Crippen LogP) is 2.95. The Kier molecular flexibility index (Phi) is 2.41. The Hall–Kier alpha value is -1.84. The van der Waals surface area contributed by atoms with Gasteiger partial charge in [0, 0.05) is 0 Å². The van der Waals surface area contributed by atoms with Gasteiger partial charge in [0.1, 0.15) is 6.17 Å². The molecule has 3 nitrogen and oxygen atoms in total. The number of hydrogen-bond donors (Lipinski definition) is 1. The van der Waals surface area contributed by atoms with E-state index >= 15 is 0 Å². The molecule has 1 atom stereocenters. The first kappa shape index (κ1) is 9.71. The first-order chi connectivity index (χ1) is 7.18. The van der Waals surface area contributed by atoms with E-state index in [1.54, 1.807) is 30.5 Å². The van der Waals surface area contributed by atoms with Crippen molar-refractivity contribution in [2.75, 3.05) is 5.73 Å². The SMILES string of the molecule is CC(F)c1ccc(-c2cnoc2N)cc1. The summed E-state index contributed by atoms with van der Waals surface area (Å²) in [5.41, 5.74) is 7.82. The Morgan fingerprint density at radius 3 is 2.47 bits per heavy atom. The lowest BCUT2D eigenvalue weighted by molar-refractivity contribution is 0.374. The van der Waals surface area contributed by atoms with Gasteiger partial charge in [0.2, 0.25) is 5.88 Å². The van der Waals surface area contributed by atoms with Crippen LogP contribution in [-0.4, -0.2) is 5.16 Å². The van der Waals surface area contributed by atoms with Crippen LogP contribution in [-0.2, 0) is 0 Å². The van der Waals surface area contributed by atoms with Crippen LogP contribution in [0.2, 0.25) is 0 Å². The van der Waals surface area contributed by atoms with Crippen molar-refractivity contribution in [3.05, 3.63) is 36.0 Å². The van der Waals surface area contributed by atoms with Gasteiger partial charge in [-0.3, -0.25) is 0 Å². The molecule has 1 aromatic heterocycles. The molecule has 78 valence electrons. The van der Waals surface area contributed by atoms with Gasteiger partial charge in [-0.2, -0.15) is 0 Å². The van der Waals surface area contributed by atoms with E-state index in [0.717, 1.165) is 11.1 Å². The van der Waals surface area contributed by atoms with Gasteiger partial charge >= 0.3 is 0 Å². The third-order valence-corrected chi connectivity index (χ3v) is 2.28. The summed E-state index contributed by atoms with van der Waals surface area (Å²) in [7, 11) is 0. The number of halogens is 1. The fourth-order valence-corrected chi connectivity index (χ4v) is 1.39. The molecule has 0 fully saturated rings. The second kappa shape index (κ2) is 3.73. The third kappa shape index (κ3) is 1.83. The minimum atomic E-state index is -0.959. The number of anilines is 1. The summed E-state index contributed by atoms with van der Waals surface area (Å²) in [5, 5.41) is 3.58. The normalized spacial score (nSPS) is 12.7. The van der Waals surface area contributed by atoms with Crippen LogP contribution in [0.1, 0.15) is 18.7 Å². The minimum absolute atomic E-state index is 0.274. The molecule has 1 heterocycles. The molecular formula is C11H11FN2O. The molecule has 0 bridgehead atoms. The lowest BCUT2D eigenvalue weighted by Crippen LogP contribution is -1.87. The van der Waals surface area contributed by atoms with Crippen LogP contribution < -0.4 is 5.73 Å². The summed E-state index contributed by atoms with van der Waals surface area (Å²) in [5.74, 6) is 0.274. The van der Waals surface area contributed by atoms with Gasteiger partial charge in [0.15, 0.2) is 0 Å². The Morgan fingerprint density at radius 1 is 1.33 bits per heavy atom. The van der Waals surface area contributed by atoms with E-state index in [0.29, 0.717) is 5.56 Å². The molecule has 2 aromatic rings. The summed E-state index contributed by atoms with van der Waals surface area (Å²) in [6.45, 7) is 1.50. The summed E-state index contributed by atoms with van der Waals surface area (Å²) in [4.78, 5) is 0. The highest BCUT2D eigenvalue weighted by atomic mass is 19.1. The third-order valence-electron chi connectivity index (χ3n) is 2.28. The van der Waals surface area contributed by atoms with Crippen LogP contribution in [0.3, 0.4) is 0 Å². The second-order valence-electron chi connectivity index (χ2n) is 3.34. The van der Waals surface area contributed by atoms with Gasteiger partial charge in [0.05, 0.1) is 11.8 Å². The van der Waals surface area contributed by atoms with Crippen molar-refractivity contribution in [2.24, 2.45) is 0 Å². The van der Waals surface area contributed by atoms with E-state index in [2.05, 4.69) is 5.16 Å². The van der Waals surface area contributed by atoms with E-state index in [9.17, 15) is 4.39 Å². The molecule has 1 aromatic carbocycles. The average molecular weight is 206 g/mol. The van der Waals surface area contributed by atoms with E-state index in [4.69, 9.17) is 10.3 Å². The Balaban J connectivity index is 2.36. The molecule has 0 amide bonds. The average Bonchev–Trinajstić information content (AvgIpc) is 2.65. The monoisotopic (exact) mass is 206 g/mol.